The molecule has 8 nitrogen and oxygen atoms in total. The zero-order valence-electron chi connectivity index (χ0n) is 16.2. The third kappa shape index (κ3) is 4.61. The third-order valence-electron chi connectivity index (χ3n) is 4.42. The summed E-state index contributed by atoms with van der Waals surface area (Å²) in [6.45, 7) is 0.193. The van der Waals surface area contributed by atoms with Crippen molar-refractivity contribution in [2.45, 2.75) is 6.61 Å². The number of benzene rings is 2. The molecule has 0 fully saturated rings. The van der Waals surface area contributed by atoms with Crippen LogP contribution in [0.4, 0.5) is 0 Å². The molecule has 3 aromatic rings. The van der Waals surface area contributed by atoms with Gasteiger partial charge in [-0.3, -0.25) is 19.4 Å². The SMILES string of the molecule is CNC(=O)c1ccc(C(N)=O)c(-c2cccc(COc3cncc(C(N)=O)c3)c2)c1. The van der Waals surface area contributed by atoms with Crippen LogP contribution in [0.15, 0.2) is 60.9 Å². The first-order valence-electron chi connectivity index (χ1n) is 9.02. The molecule has 0 bridgehead atoms. The minimum absolute atomic E-state index is 0.193. The lowest BCUT2D eigenvalue weighted by Gasteiger charge is -2.12. The molecular formula is C22H20N4O4. The molecule has 0 aliphatic rings. The molecule has 1 heterocycles. The molecule has 0 atom stereocenters. The number of carbonyl (C=O) groups excluding carboxylic acids is 3. The molecule has 0 saturated carbocycles. The average Bonchev–Trinajstić information content (AvgIpc) is 2.77. The fourth-order valence-corrected chi connectivity index (χ4v) is 2.91. The van der Waals surface area contributed by atoms with Crippen molar-refractivity contribution < 1.29 is 19.1 Å². The number of aromatic nitrogens is 1. The van der Waals surface area contributed by atoms with E-state index in [1.54, 1.807) is 12.1 Å². The van der Waals surface area contributed by atoms with Gasteiger partial charge < -0.3 is 21.5 Å². The number of carbonyl (C=O) groups is 3. The van der Waals surface area contributed by atoms with Gasteiger partial charge in [-0.1, -0.05) is 18.2 Å². The quantitative estimate of drug-likeness (QED) is 0.552. The standard InChI is InChI=1S/C22H20N4O4/c1-25-22(29)15-5-6-18(21(24)28)19(9-15)14-4-2-3-13(7-14)12-30-17-8-16(20(23)27)10-26-11-17/h2-11H,12H2,1H3,(H2,23,27)(H2,24,28)(H,25,29). The van der Waals surface area contributed by atoms with E-state index in [-0.39, 0.29) is 18.1 Å². The van der Waals surface area contributed by atoms with Gasteiger partial charge in [0.05, 0.1) is 11.8 Å². The van der Waals surface area contributed by atoms with E-state index in [4.69, 9.17) is 16.2 Å². The van der Waals surface area contributed by atoms with Crippen LogP contribution in [0.2, 0.25) is 0 Å². The summed E-state index contributed by atoms with van der Waals surface area (Å²) in [6, 6.07) is 13.5. The van der Waals surface area contributed by atoms with Gasteiger partial charge in [0.2, 0.25) is 11.8 Å². The maximum absolute atomic E-state index is 12.0. The number of nitrogens with two attached hydrogens (primary N) is 2. The van der Waals surface area contributed by atoms with Gasteiger partial charge in [-0.2, -0.15) is 0 Å². The van der Waals surface area contributed by atoms with Crippen molar-refractivity contribution in [3.63, 3.8) is 0 Å². The van der Waals surface area contributed by atoms with E-state index >= 15 is 0 Å². The molecule has 2 aromatic carbocycles. The topological polar surface area (TPSA) is 137 Å². The molecule has 0 aliphatic carbocycles. The van der Waals surface area contributed by atoms with Gasteiger partial charge in [0, 0.05) is 24.4 Å². The maximum atomic E-state index is 12.0. The Morgan fingerprint density at radius 1 is 0.967 bits per heavy atom. The minimum Gasteiger partial charge on any atom is -0.487 e. The Morgan fingerprint density at radius 3 is 2.47 bits per heavy atom. The van der Waals surface area contributed by atoms with Gasteiger partial charge in [-0.15, -0.1) is 0 Å². The monoisotopic (exact) mass is 404 g/mol. The van der Waals surface area contributed by atoms with Crippen molar-refractivity contribution in [2.75, 3.05) is 7.05 Å². The normalized spacial score (nSPS) is 10.3. The fraction of sp³-hybridized carbons (Fsp3) is 0.0909. The first kappa shape index (κ1) is 20.5. The number of hydrogen-bond donors (Lipinski definition) is 3. The first-order valence-corrected chi connectivity index (χ1v) is 9.02. The molecule has 5 N–H and O–H groups in total. The molecule has 152 valence electrons. The number of nitrogens with one attached hydrogen (secondary N) is 1. The molecular weight excluding hydrogens is 384 g/mol. The largest absolute Gasteiger partial charge is 0.487 e. The molecule has 3 amide bonds. The third-order valence-corrected chi connectivity index (χ3v) is 4.42. The molecule has 0 spiro atoms. The van der Waals surface area contributed by atoms with E-state index in [0.29, 0.717) is 28.0 Å². The lowest BCUT2D eigenvalue weighted by Crippen LogP contribution is -2.19. The average molecular weight is 404 g/mol. The van der Waals surface area contributed by atoms with Crippen LogP contribution in [0.1, 0.15) is 36.6 Å². The highest BCUT2D eigenvalue weighted by molar-refractivity contribution is 6.03. The number of pyridine rings is 1. The summed E-state index contributed by atoms with van der Waals surface area (Å²) in [5.41, 5.74) is 13.8. The first-order chi connectivity index (χ1) is 14.4. The van der Waals surface area contributed by atoms with Crippen LogP contribution in [0.25, 0.3) is 11.1 Å². The zero-order valence-corrected chi connectivity index (χ0v) is 16.2. The number of nitrogens with zero attached hydrogens (tertiary/aromatic N) is 1. The second kappa shape index (κ2) is 8.87. The van der Waals surface area contributed by atoms with Gasteiger partial charge in [0.15, 0.2) is 0 Å². The minimum atomic E-state index is -0.593. The van der Waals surface area contributed by atoms with Gasteiger partial charge in [-0.25, -0.2) is 0 Å². The van der Waals surface area contributed by atoms with Crippen molar-refractivity contribution in [3.8, 4) is 16.9 Å². The van der Waals surface area contributed by atoms with Gasteiger partial charge in [0.1, 0.15) is 12.4 Å². The molecule has 3 rings (SSSR count). The zero-order chi connectivity index (χ0) is 21.7. The number of hydrogen-bond acceptors (Lipinski definition) is 5. The molecule has 0 radical (unpaired) electrons. The lowest BCUT2D eigenvalue weighted by atomic mass is 9.95. The number of rotatable bonds is 7. The second-order valence-corrected chi connectivity index (χ2v) is 6.47. The summed E-state index contributed by atoms with van der Waals surface area (Å²) < 4.78 is 5.70. The summed E-state index contributed by atoms with van der Waals surface area (Å²) in [5.74, 6) is -1.06. The molecule has 0 saturated heterocycles. The van der Waals surface area contributed by atoms with Gasteiger partial charge >= 0.3 is 0 Å². The van der Waals surface area contributed by atoms with Crippen LogP contribution in [0.3, 0.4) is 0 Å². The Balaban J connectivity index is 1.90. The lowest BCUT2D eigenvalue weighted by molar-refractivity contribution is 0.0959. The van der Waals surface area contributed by atoms with Gasteiger partial charge in [0.25, 0.3) is 5.91 Å². The highest BCUT2D eigenvalue weighted by Gasteiger charge is 2.14. The van der Waals surface area contributed by atoms with E-state index in [1.165, 1.54) is 31.6 Å². The van der Waals surface area contributed by atoms with Crippen LogP contribution in [0.5, 0.6) is 5.75 Å². The summed E-state index contributed by atoms with van der Waals surface area (Å²) >= 11 is 0. The van der Waals surface area contributed by atoms with Crippen molar-refractivity contribution in [1.29, 1.82) is 0 Å². The van der Waals surface area contributed by atoms with Crippen molar-refractivity contribution in [2.24, 2.45) is 11.5 Å². The van der Waals surface area contributed by atoms with Crippen molar-refractivity contribution in [3.05, 3.63) is 83.2 Å². The van der Waals surface area contributed by atoms with E-state index in [9.17, 15) is 14.4 Å². The number of primary amides is 2. The van der Waals surface area contributed by atoms with Crippen molar-refractivity contribution in [1.82, 2.24) is 10.3 Å². The Hall–Kier alpha value is -4.20. The maximum Gasteiger partial charge on any atom is 0.251 e. The highest BCUT2D eigenvalue weighted by Crippen LogP contribution is 2.26. The number of ether oxygens (including phenoxy) is 1. The predicted octanol–water partition coefficient (Wildman–Crippen LogP) is 1.89. The number of amides is 3. The fourth-order valence-electron chi connectivity index (χ4n) is 2.91. The second-order valence-electron chi connectivity index (χ2n) is 6.47. The van der Waals surface area contributed by atoms with E-state index in [1.807, 2.05) is 24.3 Å². The summed E-state index contributed by atoms with van der Waals surface area (Å²) in [6.07, 6.45) is 2.84. The van der Waals surface area contributed by atoms with Crippen molar-refractivity contribution >= 4 is 17.7 Å². The Morgan fingerprint density at radius 2 is 1.77 bits per heavy atom. The van der Waals surface area contributed by atoms with Crippen LogP contribution < -0.4 is 21.5 Å². The van der Waals surface area contributed by atoms with Crippen LogP contribution in [-0.4, -0.2) is 29.8 Å². The van der Waals surface area contributed by atoms with Gasteiger partial charge in [-0.05, 0) is 47.0 Å². The Bertz CT molecular complexity index is 1130. The van der Waals surface area contributed by atoms with Crippen LogP contribution >= 0.6 is 0 Å². The summed E-state index contributed by atoms with van der Waals surface area (Å²) in [5, 5.41) is 2.56. The van der Waals surface area contributed by atoms with Crippen LogP contribution in [-0.2, 0) is 6.61 Å². The smallest absolute Gasteiger partial charge is 0.251 e. The van der Waals surface area contributed by atoms with E-state index < -0.39 is 11.8 Å². The molecule has 8 heteroatoms. The van der Waals surface area contributed by atoms with E-state index in [2.05, 4.69) is 10.3 Å². The summed E-state index contributed by atoms with van der Waals surface area (Å²) in [7, 11) is 1.53. The Labute approximate surface area is 172 Å². The molecule has 0 aliphatic heterocycles. The highest BCUT2D eigenvalue weighted by atomic mass is 16.5. The molecule has 30 heavy (non-hydrogen) atoms. The van der Waals surface area contributed by atoms with E-state index in [0.717, 1.165) is 5.56 Å². The molecule has 0 unspecified atom stereocenters. The summed E-state index contributed by atoms with van der Waals surface area (Å²) in [4.78, 5) is 39.1. The predicted molar refractivity (Wildman–Crippen MR) is 111 cm³/mol. The Kier molecular flexibility index (Phi) is 6.07. The molecule has 1 aromatic heterocycles. The van der Waals surface area contributed by atoms with Crippen LogP contribution in [0, 0.1) is 0 Å².